The molecule has 2 rings (SSSR count). The molecule has 0 aromatic carbocycles. The maximum Gasteiger partial charge on any atom is 0.243 e. The molecule has 0 saturated carbocycles. The van der Waals surface area contributed by atoms with Crippen molar-refractivity contribution in [2.24, 2.45) is 5.73 Å². The zero-order valence-electron chi connectivity index (χ0n) is 15.8. The van der Waals surface area contributed by atoms with Crippen LogP contribution in [-0.2, 0) is 19.2 Å². The zero-order chi connectivity index (χ0) is 19.8. The molecule has 150 valence electrons. The minimum absolute atomic E-state index is 0.00280. The highest BCUT2D eigenvalue weighted by Gasteiger charge is 2.35. The lowest BCUT2D eigenvalue weighted by Gasteiger charge is -2.28. The van der Waals surface area contributed by atoms with Gasteiger partial charge in [-0.15, -0.1) is 6.58 Å². The third-order valence-electron chi connectivity index (χ3n) is 5.20. The molecular formula is C19H30N4O4. The van der Waals surface area contributed by atoms with Crippen molar-refractivity contribution in [1.82, 2.24) is 15.1 Å². The Hall–Kier alpha value is -2.38. The van der Waals surface area contributed by atoms with Crippen LogP contribution in [0.4, 0.5) is 0 Å². The van der Waals surface area contributed by atoms with Gasteiger partial charge in [-0.2, -0.15) is 0 Å². The van der Waals surface area contributed by atoms with Crippen LogP contribution in [0.3, 0.4) is 0 Å². The number of nitrogens with two attached hydrogens (primary N) is 1. The second kappa shape index (κ2) is 10.1. The van der Waals surface area contributed by atoms with Gasteiger partial charge in [-0.1, -0.05) is 6.08 Å². The molecule has 2 aliphatic rings. The fraction of sp³-hybridized carbons (Fsp3) is 0.684. The number of nitrogens with zero attached hydrogens (tertiary/aromatic N) is 2. The van der Waals surface area contributed by atoms with Crippen LogP contribution in [0.1, 0.15) is 51.4 Å². The number of carbonyl (C=O) groups excluding carboxylic acids is 4. The first-order valence-corrected chi connectivity index (χ1v) is 9.72. The van der Waals surface area contributed by atoms with E-state index in [1.807, 2.05) is 4.90 Å². The average molecular weight is 378 g/mol. The smallest absolute Gasteiger partial charge is 0.243 e. The van der Waals surface area contributed by atoms with Crippen LogP contribution >= 0.6 is 0 Å². The summed E-state index contributed by atoms with van der Waals surface area (Å²) in [5.74, 6) is -1.21. The number of hydrogen-bond acceptors (Lipinski definition) is 4. The summed E-state index contributed by atoms with van der Waals surface area (Å²) in [6.07, 6.45) is 6.45. The monoisotopic (exact) mass is 378 g/mol. The molecule has 2 atom stereocenters. The maximum absolute atomic E-state index is 12.6. The molecule has 8 heteroatoms. The van der Waals surface area contributed by atoms with Crippen LogP contribution in [0.15, 0.2) is 12.7 Å². The summed E-state index contributed by atoms with van der Waals surface area (Å²) in [4.78, 5) is 52.1. The molecule has 0 aromatic rings. The summed E-state index contributed by atoms with van der Waals surface area (Å²) in [7, 11) is 0. The Labute approximate surface area is 160 Å². The van der Waals surface area contributed by atoms with E-state index in [4.69, 9.17) is 5.73 Å². The van der Waals surface area contributed by atoms with Gasteiger partial charge in [-0.05, 0) is 38.5 Å². The van der Waals surface area contributed by atoms with E-state index in [9.17, 15) is 19.2 Å². The van der Waals surface area contributed by atoms with Gasteiger partial charge in [0.2, 0.25) is 23.6 Å². The van der Waals surface area contributed by atoms with Crippen molar-refractivity contribution in [1.29, 1.82) is 0 Å². The zero-order valence-corrected chi connectivity index (χ0v) is 15.8. The van der Waals surface area contributed by atoms with Crippen molar-refractivity contribution in [2.45, 2.75) is 63.5 Å². The molecule has 0 aromatic heterocycles. The van der Waals surface area contributed by atoms with E-state index in [-0.39, 0.29) is 37.0 Å². The Bertz CT molecular complexity index is 586. The highest BCUT2D eigenvalue weighted by molar-refractivity contribution is 5.92. The van der Waals surface area contributed by atoms with Gasteiger partial charge in [0.15, 0.2) is 0 Å². The normalized spacial score (nSPS) is 20.8. The van der Waals surface area contributed by atoms with Gasteiger partial charge in [-0.25, -0.2) is 0 Å². The molecule has 2 aliphatic heterocycles. The minimum Gasteiger partial charge on any atom is -0.368 e. The van der Waals surface area contributed by atoms with Crippen LogP contribution in [0, 0.1) is 0 Å². The van der Waals surface area contributed by atoms with E-state index in [0.29, 0.717) is 19.4 Å². The topological polar surface area (TPSA) is 113 Å². The number of primary amides is 1. The Morgan fingerprint density at radius 1 is 1.04 bits per heavy atom. The molecule has 27 heavy (non-hydrogen) atoms. The maximum atomic E-state index is 12.6. The predicted molar refractivity (Wildman–Crippen MR) is 100 cm³/mol. The summed E-state index contributed by atoms with van der Waals surface area (Å²) in [6.45, 7) is 5.56. The van der Waals surface area contributed by atoms with Gasteiger partial charge in [0.1, 0.15) is 12.1 Å². The lowest BCUT2D eigenvalue weighted by Crippen LogP contribution is -2.52. The van der Waals surface area contributed by atoms with E-state index >= 15 is 0 Å². The molecule has 4 amide bonds. The third kappa shape index (κ3) is 5.80. The molecule has 0 spiro atoms. The van der Waals surface area contributed by atoms with Gasteiger partial charge < -0.3 is 20.9 Å². The van der Waals surface area contributed by atoms with E-state index < -0.39 is 18.0 Å². The number of hydrogen-bond donors (Lipinski definition) is 2. The Balaban J connectivity index is 1.87. The Kier molecular flexibility index (Phi) is 7.82. The lowest BCUT2D eigenvalue weighted by molar-refractivity contribution is -0.141. The van der Waals surface area contributed by atoms with Crippen LogP contribution in [0.5, 0.6) is 0 Å². The fourth-order valence-corrected chi connectivity index (χ4v) is 3.68. The van der Waals surface area contributed by atoms with Gasteiger partial charge in [0.05, 0.1) is 0 Å². The molecule has 1 unspecified atom stereocenters. The highest BCUT2D eigenvalue weighted by Crippen LogP contribution is 2.20. The average Bonchev–Trinajstić information content (AvgIpc) is 3.16. The molecular weight excluding hydrogens is 348 g/mol. The van der Waals surface area contributed by atoms with E-state index in [2.05, 4.69) is 11.9 Å². The standard InChI is InChI=1S/C19H30N4O4/c1-2-7-14(18(20)26)21-19(27)15-8-6-13-23(15)17(25)10-9-16(24)22-11-4-3-5-12-22/h2,14-15H,1,3-13H2,(H2,20,26)(H,21,27)/t14?,15-/m0/s1. The van der Waals surface area contributed by atoms with E-state index in [0.717, 1.165) is 32.4 Å². The molecule has 0 radical (unpaired) electrons. The molecule has 8 nitrogen and oxygen atoms in total. The Morgan fingerprint density at radius 3 is 2.33 bits per heavy atom. The van der Waals surface area contributed by atoms with Crippen molar-refractivity contribution >= 4 is 23.6 Å². The second-order valence-electron chi connectivity index (χ2n) is 7.17. The third-order valence-corrected chi connectivity index (χ3v) is 5.20. The van der Waals surface area contributed by atoms with Gasteiger partial charge in [0.25, 0.3) is 0 Å². The van der Waals surface area contributed by atoms with Crippen LogP contribution in [0.25, 0.3) is 0 Å². The van der Waals surface area contributed by atoms with Crippen molar-refractivity contribution in [2.75, 3.05) is 19.6 Å². The first-order chi connectivity index (χ1) is 12.9. The minimum atomic E-state index is -0.826. The van der Waals surface area contributed by atoms with Crippen LogP contribution in [-0.4, -0.2) is 65.1 Å². The summed E-state index contributed by atoms with van der Waals surface area (Å²) < 4.78 is 0. The number of rotatable bonds is 8. The summed E-state index contributed by atoms with van der Waals surface area (Å²) in [6, 6.07) is -1.44. The lowest BCUT2D eigenvalue weighted by atomic mass is 10.1. The summed E-state index contributed by atoms with van der Waals surface area (Å²) >= 11 is 0. The number of nitrogens with one attached hydrogen (secondary N) is 1. The van der Waals surface area contributed by atoms with E-state index in [1.165, 1.54) is 11.0 Å². The number of piperidine rings is 1. The summed E-state index contributed by atoms with van der Waals surface area (Å²) in [5.41, 5.74) is 5.29. The molecule has 0 aliphatic carbocycles. The van der Waals surface area contributed by atoms with Gasteiger partial charge in [-0.3, -0.25) is 19.2 Å². The number of likely N-dealkylation sites (tertiary alicyclic amines) is 2. The largest absolute Gasteiger partial charge is 0.368 e. The molecule has 2 fully saturated rings. The SMILES string of the molecule is C=CCC(NC(=O)[C@@H]1CCCN1C(=O)CCC(=O)N1CCCCC1)C(N)=O. The molecule has 0 bridgehead atoms. The van der Waals surface area contributed by atoms with E-state index in [1.54, 1.807) is 0 Å². The first-order valence-electron chi connectivity index (χ1n) is 9.72. The first kappa shape index (κ1) is 20.9. The quantitative estimate of drug-likeness (QED) is 0.592. The Morgan fingerprint density at radius 2 is 1.70 bits per heavy atom. The second-order valence-corrected chi connectivity index (χ2v) is 7.17. The van der Waals surface area contributed by atoms with Crippen LogP contribution in [0.2, 0.25) is 0 Å². The highest BCUT2D eigenvalue weighted by atomic mass is 16.2. The van der Waals surface area contributed by atoms with Crippen molar-refractivity contribution in [3.8, 4) is 0 Å². The van der Waals surface area contributed by atoms with Crippen molar-refractivity contribution < 1.29 is 19.2 Å². The molecule has 2 heterocycles. The number of amides is 4. The fourth-order valence-electron chi connectivity index (χ4n) is 3.68. The van der Waals surface area contributed by atoms with Gasteiger partial charge >= 0.3 is 0 Å². The van der Waals surface area contributed by atoms with Crippen LogP contribution < -0.4 is 11.1 Å². The van der Waals surface area contributed by atoms with Crippen molar-refractivity contribution in [3.05, 3.63) is 12.7 Å². The molecule has 3 N–H and O–H groups in total. The van der Waals surface area contributed by atoms with Crippen molar-refractivity contribution in [3.63, 3.8) is 0 Å². The molecule has 2 saturated heterocycles. The summed E-state index contributed by atoms with van der Waals surface area (Å²) in [5, 5.41) is 2.61. The number of carbonyl (C=O) groups is 4. The predicted octanol–water partition coefficient (Wildman–Crippen LogP) is 0.316. The van der Waals surface area contributed by atoms with Gasteiger partial charge in [0, 0.05) is 32.5 Å².